The van der Waals surface area contributed by atoms with Crippen molar-refractivity contribution in [1.29, 1.82) is 0 Å². The second-order valence-corrected chi connectivity index (χ2v) is 11.1. The molecule has 3 aliphatic carbocycles. The number of rotatable bonds is 9. The SMILES string of the molecule is O=C(COC(=O)CCCCCN1C(=O)[C@@H]2C3c4ccccc4C(c4ccccc43)[C@@H]2C1=O)Nc1ccc(Cl)cc1. The predicted octanol–water partition coefficient (Wildman–Crippen LogP) is 5.27. The molecule has 2 bridgehead atoms. The fourth-order valence-electron chi connectivity index (χ4n) is 6.62. The Kier molecular flexibility index (Phi) is 7.15. The lowest BCUT2D eigenvalue weighted by atomic mass is 9.55. The average molecular weight is 557 g/mol. The summed E-state index contributed by atoms with van der Waals surface area (Å²) >= 11 is 5.83. The van der Waals surface area contributed by atoms with E-state index in [1.807, 2.05) is 24.3 Å². The maximum absolute atomic E-state index is 13.6. The van der Waals surface area contributed by atoms with Gasteiger partial charge in [-0.15, -0.1) is 0 Å². The molecule has 0 aromatic heterocycles. The number of carbonyl (C=O) groups is 4. The zero-order valence-electron chi connectivity index (χ0n) is 21.8. The van der Waals surface area contributed by atoms with Gasteiger partial charge in [0.05, 0.1) is 11.8 Å². The smallest absolute Gasteiger partial charge is 0.306 e. The van der Waals surface area contributed by atoms with Gasteiger partial charge in [0.1, 0.15) is 0 Å². The molecule has 40 heavy (non-hydrogen) atoms. The largest absolute Gasteiger partial charge is 0.456 e. The van der Waals surface area contributed by atoms with Gasteiger partial charge in [-0.3, -0.25) is 24.1 Å². The Bertz CT molecular complexity index is 1370. The average Bonchev–Trinajstić information content (AvgIpc) is 3.22. The molecule has 1 heterocycles. The van der Waals surface area contributed by atoms with Gasteiger partial charge in [0, 0.05) is 35.5 Å². The van der Waals surface area contributed by atoms with Crippen molar-refractivity contribution in [3.63, 3.8) is 0 Å². The zero-order chi connectivity index (χ0) is 27.8. The lowest BCUT2D eigenvalue weighted by molar-refractivity contribution is -0.147. The highest BCUT2D eigenvalue weighted by Gasteiger charge is 2.61. The van der Waals surface area contributed by atoms with Crippen LogP contribution >= 0.6 is 11.6 Å². The number of esters is 1. The minimum Gasteiger partial charge on any atom is -0.456 e. The molecule has 3 amide bonds. The van der Waals surface area contributed by atoms with E-state index < -0.39 is 11.9 Å². The van der Waals surface area contributed by atoms with Crippen LogP contribution in [0.25, 0.3) is 0 Å². The molecule has 0 unspecified atom stereocenters. The molecule has 7 rings (SSSR count). The third-order valence-corrected chi connectivity index (χ3v) is 8.55. The van der Waals surface area contributed by atoms with E-state index in [1.54, 1.807) is 24.3 Å². The zero-order valence-corrected chi connectivity index (χ0v) is 22.6. The Balaban J connectivity index is 1.000. The number of likely N-dealkylation sites (tertiary alicyclic amines) is 1. The van der Waals surface area contributed by atoms with E-state index in [0.29, 0.717) is 36.5 Å². The molecule has 204 valence electrons. The van der Waals surface area contributed by atoms with Gasteiger partial charge in [0.15, 0.2) is 6.61 Å². The summed E-state index contributed by atoms with van der Waals surface area (Å²) in [6, 6.07) is 23.1. The highest BCUT2D eigenvalue weighted by Crippen LogP contribution is 2.60. The number of hydrogen-bond donors (Lipinski definition) is 1. The van der Waals surface area contributed by atoms with Crippen molar-refractivity contribution in [2.75, 3.05) is 18.5 Å². The van der Waals surface area contributed by atoms with E-state index in [1.165, 1.54) is 4.90 Å². The molecule has 4 aliphatic rings. The third kappa shape index (κ3) is 4.68. The first-order chi connectivity index (χ1) is 19.4. The van der Waals surface area contributed by atoms with Crippen LogP contribution < -0.4 is 5.32 Å². The van der Waals surface area contributed by atoms with Crippen molar-refractivity contribution in [2.45, 2.75) is 37.5 Å². The number of benzene rings is 3. The van der Waals surface area contributed by atoms with E-state index in [2.05, 4.69) is 29.6 Å². The van der Waals surface area contributed by atoms with Gasteiger partial charge in [0.25, 0.3) is 5.91 Å². The van der Waals surface area contributed by atoms with E-state index in [0.717, 1.165) is 22.3 Å². The summed E-state index contributed by atoms with van der Waals surface area (Å²) in [4.78, 5) is 52.8. The first-order valence-corrected chi connectivity index (χ1v) is 14.1. The molecule has 1 saturated heterocycles. The Morgan fingerprint density at radius 3 is 1.80 bits per heavy atom. The summed E-state index contributed by atoms with van der Waals surface area (Å²) in [6.07, 6.45) is 1.97. The van der Waals surface area contributed by atoms with Crippen molar-refractivity contribution < 1.29 is 23.9 Å². The Morgan fingerprint density at radius 2 is 1.27 bits per heavy atom. The monoisotopic (exact) mass is 556 g/mol. The van der Waals surface area contributed by atoms with Gasteiger partial charge >= 0.3 is 5.97 Å². The summed E-state index contributed by atoms with van der Waals surface area (Å²) < 4.78 is 5.07. The van der Waals surface area contributed by atoms with Gasteiger partial charge in [-0.25, -0.2) is 0 Å². The highest BCUT2D eigenvalue weighted by atomic mass is 35.5. The van der Waals surface area contributed by atoms with Crippen molar-refractivity contribution in [2.24, 2.45) is 11.8 Å². The molecular weight excluding hydrogens is 528 g/mol. The normalized spacial score (nSPS) is 22.0. The van der Waals surface area contributed by atoms with Crippen LogP contribution in [0.4, 0.5) is 5.69 Å². The first-order valence-electron chi connectivity index (χ1n) is 13.7. The van der Waals surface area contributed by atoms with E-state index in [9.17, 15) is 19.2 Å². The summed E-state index contributed by atoms with van der Waals surface area (Å²) in [5.41, 5.74) is 5.22. The molecule has 1 N–H and O–H groups in total. The number of unbranched alkanes of at least 4 members (excludes halogenated alkanes) is 2. The number of hydrogen-bond acceptors (Lipinski definition) is 5. The Morgan fingerprint density at radius 1 is 0.750 bits per heavy atom. The number of imide groups is 1. The predicted molar refractivity (Wildman–Crippen MR) is 150 cm³/mol. The third-order valence-electron chi connectivity index (χ3n) is 8.29. The topological polar surface area (TPSA) is 92.8 Å². The molecule has 2 atom stereocenters. The maximum Gasteiger partial charge on any atom is 0.306 e. The summed E-state index contributed by atoms with van der Waals surface area (Å²) in [5.74, 6) is -1.99. The second-order valence-electron chi connectivity index (χ2n) is 10.6. The molecule has 7 nitrogen and oxygen atoms in total. The Hall–Kier alpha value is -3.97. The molecule has 1 aliphatic heterocycles. The van der Waals surface area contributed by atoms with Crippen LogP contribution in [0.2, 0.25) is 5.02 Å². The maximum atomic E-state index is 13.6. The molecular formula is C32H29ClN2O5. The molecule has 0 radical (unpaired) electrons. The quantitative estimate of drug-likeness (QED) is 0.220. The molecule has 8 heteroatoms. The van der Waals surface area contributed by atoms with Crippen LogP contribution in [0.15, 0.2) is 72.8 Å². The number of carbonyl (C=O) groups excluding carboxylic acids is 4. The second kappa shape index (κ2) is 10.9. The van der Waals surface area contributed by atoms with Gasteiger partial charge in [0.2, 0.25) is 11.8 Å². The van der Waals surface area contributed by atoms with Crippen LogP contribution in [0.1, 0.15) is 59.8 Å². The first kappa shape index (κ1) is 26.3. The Labute approximate surface area is 237 Å². The van der Waals surface area contributed by atoms with Crippen molar-refractivity contribution in [1.82, 2.24) is 4.90 Å². The molecule has 3 aromatic carbocycles. The van der Waals surface area contributed by atoms with Gasteiger partial charge in [-0.2, -0.15) is 0 Å². The number of ether oxygens (including phenoxy) is 1. The van der Waals surface area contributed by atoms with E-state index in [-0.39, 0.29) is 48.5 Å². The minimum atomic E-state index is -0.460. The fourth-order valence-corrected chi connectivity index (χ4v) is 6.75. The van der Waals surface area contributed by atoms with E-state index >= 15 is 0 Å². The molecule has 3 aromatic rings. The standard InChI is InChI=1S/C32H29ClN2O5/c33-19-13-15-20(16-14-19)34-25(36)18-40-26(37)12-2-1-7-17-35-31(38)29-27-21-8-3-4-9-22(21)28(30(29)32(35)39)24-11-6-5-10-23(24)27/h3-6,8-11,13-16,27-30H,1-2,7,12,17-18H2,(H,34,36)/t27?,28?,29-,30+. The summed E-state index contributed by atoms with van der Waals surface area (Å²) in [7, 11) is 0. The van der Waals surface area contributed by atoms with Crippen molar-refractivity contribution in [3.8, 4) is 0 Å². The van der Waals surface area contributed by atoms with Gasteiger partial charge < -0.3 is 10.1 Å². The number of nitrogens with one attached hydrogen (secondary N) is 1. The van der Waals surface area contributed by atoms with Crippen LogP contribution in [-0.2, 0) is 23.9 Å². The van der Waals surface area contributed by atoms with Crippen LogP contribution in [0, 0.1) is 11.8 Å². The molecule has 0 saturated carbocycles. The lowest BCUT2D eigenvalue weighted by Gasteiger charge is -2.45. The number of halogens is 1. The number of nitrogens with zero attached hydrogens (tertiary/aromatic N) is 1. The van der Waals surface area contributed by atoms with Crippen molar-refractivity contribution in [3.05, 3.63) is 100 Å². The van der Waals surface area contributed by atoms with Crippen LogP contribution in [0.5, 0.6) is 0 Å². The van der Waals surface area contributed by atoms with Gasteiger partial charge in [-0.1, -0.05) is 66.6 Å². The lowest BCUT2D eigenvalue weighted by Crippen LogP contribution is -2.41. The van der Waals surface area contributed by atoms with Crippen molar-refractivity contribution >= 4 is 41.0 Å². The molecule has 1 fully saturated rings. The van der Waals surface area contributed by atoms with Gasteiger partial charge in [-0.05, 0) is 59.4 Å². The molecule has 0 spiro atoms. The number of anilines is 1. The number of amides is 3. The highest BCUT2D eigenvalue weighted by molar-refractivity contribution is 6.30. The minimum absolute atomic E-state index is 0.0832. The fraction of sp³-hybridized carbons (Fsp3) is 0.312. The summed E-state index contributed by atoms with van der Waals surface area (Å²) in [5, 5.41) is 3.20. The van der Waals surface area contributed by atoms with Crippen LogP contribution in [-0.4, -0.2) is 41.7 Å². The van der Waals surface area contributed by atoms with Crippen LogP contribution in [0.3, 0.4) is 0 Å². The summed E-state index contributed by atoms with van der Waals surface area (Å²) in [6.45, 7) is -0.0243. The van der Waals surface area contributed by atoms with E-state index in [4.69, 9.17) is 16.3 Å².